The summed E-state index contributed by atoms with van der Waals surface area (Å²) in [4.78, 5) is 11.7. The number of ether oxygens (including phenoxy) is 2. The minimum Gasteiger partial charge on any atom is -0.445 e. The Morgan fingerprint density at radius 2 is 2.11 bits per heavy atom. The van der Waals surface area contributed by atoms with Gasteiger partial charge >= 0.3 is 6.09 Å². The van der Waals surface area contributed by atoms with E-state index in [4.69, 9.17) is 9.47 Å². The Bertz CT molecular complexity index is 451. The fourth-order valence-electron chi connectivity index (χ4n) is 3.00. The molecule has 1 N–H and O–H groups in total. The molecule has 0 aromatic heterocycles. The minimum atomic E-state index is -0.355. The summed E-state index contributed by atoms with van der Waals surface area (Å²) in [6.45, 7) is 2.99. The number of rotatable bonds is 3. The average molecular weight is 247 g/mol. The maximum Gasteiger partial charge on any atom is 0.407 e. The van der Waals surface area contributed by atoms with Crippen LogP contribution in [0, 0.1) is 0 Å². The highest BCUT2D eigenvalue weighted by Gasteiger charge is 2.60. The molecular formula is C14H17NO3. The number of hydrogen-bond donors (Lipinski definition) is 1. The molecule has 4 rings (SSSR count). The van der Waals surface area contributed by atoms with Gasteiger partial charge in [0.15, 0.2) is 0 Å². The first-order chi connectivity index (χ1) is 8.59. The normalized spacial score (nSPS) is 32.7. The molecule has 1 amide bonds. The van der Waals surface area contributed by atoms with Gasteiger partial charge in [0.05, 0.1) is 17.7 Å². The SMILES string of the molecule is CC12CC(NC(=O)OCc3ccccc3)(CO1)C2. The van der Waals surface area contributed by atoms with Gasteiger partial charge in [0.25, 0.3) is 0 Å². The van der Waals surface area contributed by atoms with Crippen molar-refractivity contribution in [3.05, 3.63) is 35.9 Å². The zero-order valence-corrected chi connectivity index (χ0v) is 10.4. The van der Waals surface area contributed by atoms with Crippen molar-refractivity contribution in [3.63, 3.8) is 0 Å². The van der Waals surface area contributed by atoms with E-state index < -0.39 is 0 Å². The van der Waals surface area contributed by atoms with Crippen molar-refractivity contribution in [3.8, 4) is 0 Å². The quantitative estimate of drug-likeness (QED) is 0.891. The summed E-state index contributed by atoms with van der Waals surface area (Å²) in [5.74, 6) is 0. The minimum absolute atomic E-state index is 0.0211. The van der Waals surface area contributed by atoms with E-state index in [1.54, 1.807) is 0 Å². The number of hydrogen-bond acceptors (Lipinski definition) is 3. The second kappa shape index (κ2) is 3.99. The highest BCUT2D eigenvalue weighted by molar-refractivity contribution is 5.69. The number of fused-ring (bicyclic) bond motifs is 1. The number of carbonyl (C=O) groups excluding carboxylic acids is 1. The standard InChI is InChI=1S/C14H17NO3/c1-13-8-14(9-13,10-18-13)15-12(16)17-7-11-5-3-2-4-6-11/h2-6H,7-10H2,1H3,(H,15,16). The Labute approximate surface area is 106 Å². The monoisotopic (exact) mass is 247 g/mol. The molecule has 0 spiro atoms. The highest BCUT2D eigenvalue weighted by Crippen LogP contribution is 2.51. The summed E-state index contributed by atoms with van der Waals surface area (Å²) in [5, 5.41) is 2.93. The van der Waals surface area contributed by atoms with Crippen LogP contribution in [-0.4, -0.2) is 23.8 Å². The van der Waals surface area contributed by atoms with Crippen LogP contribution in [0.5, 0.6) is 0 Å². The number of alkyl carbamates (subject to hydrolysis) is 1. The van der Waals surface area contributed by atoms with Crippen molar-refractivity contribution in [2.24, 2.45) is 0 Å². The number of nitrogens with one attached hydrogen (secondary N) is 1. The molecule has 1 aromatic rings. The van der Waals surface area contributed by atoms with E-state index in [-0.39, 0.29) is 17.2 Å². The van der Waals surface area contributed by atoms with Gasteiger partial charge in [0.2, 0.25) is 0 Å². The van der Waals surface area contributed by atoms with Gasteiger partial charge in [0.1, 0.15) is 6.61 Å². The zero-order valence-electron chi connectivity index (χ0n) is 10.4. The van der Waals surface area contributed by atoms with Crippen LogP contribution in [0.2, 0.25) is 0 Å². The predicted octanol–water partition coefficient (Wildman–Crippen LogP) is 2.23. The van der Waals surface area contributed by atoms with E-state index in [1.165, 1.54) is 0 Å². The largest absolute Gasteiger partial charge is 0.445 e. The molecule has 2 bridgehead atoms. The Hall–Kier alpha value is -1.55. The smallest absolute Gasteiger partial charge is 0.407 e. The highest BCUT2D eigenvalue weighted by atomic mass is 16.6. The number of benzene rings is 1. The van der Waals surface area contributed by atoms with Gasteiger partial charge in [0, 0.05) is 12.8 Å². The lowest BCUT2D eigenvalue weighted by molar-refractivity contribution is 0.0119. The number of amides is 1. The molecular weight excluding hydrogens is 230 g/mol. The molecule has 1 saturated carbocycles. The van der Waals surface area contributed by atoms with Gasteiger partial charge in [-0.1, -0.05) is 30.3 Å². The van der Waals surface area contributed by atoms with E-state index in [1.807, 2.05) is 30.3 Å². The molecule has 3 fully saturated rings. The molecule has 0 radical (unpaired) electrons. The lowest BCUT2D eigenvalue weighted by Gasteiger charge is -2.42. The molecule has 4 heteroatoms. The zero-order chi connectivity index (χ0) is 12.6. The summed E-state index contributed by atoms with van der Waals surface area (Å²) >= 11 is 0. The molecule has 2 saturated heterocycles. The van der Waals surface area contributed by atoms with E-state index in [0.717, 1.165) is 18.4 Å². The van der Waals surface area contributed by atoms with Crippen LogP contribution in [0.1, 0.15) is 25.3 Å². The van der Waals surface area contributed by atoms with Crippen molar-refractivity contribution >= 4 is 6.09 Å². The van der Waals surface area contributed by atoms with Crippen LogP contribution in [0.3, 0.4) is 0 Å². The van der Waals surface area contributed by atoms with Crippen LogP contribution in [0.25, 0.3) is 0 Å². The summed E-state index contributed by atoms with van der Waals surface area (Å²) in [7, 11) is 0. The van der Waals surface area contributed by atoms with Crippen LogP contribution >= 0.6 is 0 Å². The predicted molar refractivity (Wildman–Crippen MR) is 66.1 cm³/mol. The van der Waals surface area contributed by atoms with Crippen LogP contribution in [-0.2, 0) is 16.1 Å². The van der Waals surface area contributed by atoms with Gasteiger partial charge in [-0.25, -0.2) is 4.79 Å². The van der Waals surface area contributed by atoms with Gasteiger partial charge in [-0.15, -0.1) is 0 Å². The van der Waals surface area contributed by atoms with E-state index >= 15 is 0 Å². The first-order valence-electron chi connectivity index (χ1n) is 6.22. The summed E-state index contributed by atoms with van der Waals surface area (Å²) in [6.07, 6.45) is 1.42. The van der Waals surface area contributed by atoms with Crippen molar-refractivity contribution in [2.75, 3.05) is 6.61 Å². The third-order valence-corrected chi connectivity index (χ3v) is 3.70. The first kappa shape index (κ1) is 11.5. The van der Waals surface area contributed by atoms with Crippen molar-refractivity contribution in [2.45, 2.75) is 37.5 Å². The topological polar surface area (TPSA) is 47.6 Å². The molecule has 0 atom stereocenters. The second-order valence-electron chi connectivity index (χ2n) is 5.56. The number of carbonyl (C=O) groups is 1. The van der Waals surface area contributed by atoms with Crippen molar-refractivity contribution in [1.82, 2.24) is 5.32 Å². The lowest BCUT2D eigenvalue weighted by atomic mass is 9.69. The first-order valence-corrected chi connectivity index (χ1v) is 6.22. The third-order valence-electron chi connectivity index (χ3n) is 3.70. The van der Waals surface area contributed by atoms with Gasteiger partial charge in [-0.2, -0.15) is 0 Å². The third kappa shape index (κ3) is 2.08. The Kier molecular flexibility index (Phi) is 2.55. The van der Waals surface area contributed by atoms with Gasteiger partial charge in [-0.3, -0.25) is 0 Å². The summed E-state index contributed by atoms with van der Waals surface area (Å²) in [6, 6.07) is 9.66. The summed E-state index contributed by atoms with van der Waals surface area (Å²) in [5.41, 5.74) is 0.793. The maximum absolute atomic E-state index is 11.7. The Morgan fingerprint density at radius 3 is 2.72 bits per heavy atom. The van der Waals surface area contributed by atoms with Gasteiger partial charge < -0.3 is 14.8 Å². The van der Waals surface area contributed by atoms with Crippen LogP contribution in [0.15, 0.2) is 30.3 Å². The molecule has 18 heavy (non-hydrogen) atoms. The van der Waals surface area contributed by atoms with Crippen molar-refractivity contribution < 1.29 is 14.3 Å². The molecule has 1 aliphatic carbocycles. The molecule has 4 nitrogen and oxygen atoms in total. The Morgan fingerprint density at radius 1 is 1.39 bits per heavy atom. The average Bonchev–Trinajstić information content (AvgIpc) is 2.81. The van der Waals surface area contributed by atoms with E-state index in [9.17, 15) is 4.79 Å². The molecule has 2 aliphatic heterocycles. The maximum atomic E-state index is 11.7. The van der Waals surface area contributed by atoms with Crippen molar-refractivity contribution in [1.29, 1.82) is 0 Å². The summed E-state index contributed by atoms with van der Waals surface area (Å²) < 4.78 is 10.8. The van der Waals surface area contributed by atoms with Crippen LogP contribution < -0.4 is 5.32 Å². The van der Waals surface area contributed by atoms with Crippen LogP contribution in [0.4, 0.5) is 4.79 Å². The van der Waals surface area contributed by atoms with E-state index in [2.05, 4.69) is 12.2 Å². The fraction of sp³-hybridized carbons (Fsp3) is 0.500. The fourth-order valence-corrected chi connectivity index (χ4v) is 3.00. The lowest BCUT2D eigenvalue weighted by Crippen LogP contribution is -2.58. The molecule has 2 heterocycles. The van der Waals surface area contributed by atoms with E-state index in [0.29, 0.717) is 13.2 Å². The molecule has 0 unspecified atom stereocenters. The molecule has 1 aromatic carbocycles. The second-order valence-corrected chi connectivity index (χ2v) is 5.56. The van der Waals surface area contributed by atoms with Gasteiger partial charge in [-0.05, 0) is 12.5 Å². The molecule has 3 aliphatic rings. The Balaban J connectivity index is 1.49. The molecule has 96 valence electrons.